The molecule has 0 aromatic carbocycles. The second-order valence-electron chi connectivity index (χ2n) is 9.54. The van der Waals surface area contributed by atoms with Gasteiger partial charge in [-0.05, 0) is 0 Å². The van der Waals surface area contributed by atoms with E-state index in [0.717, 1.165) is 21.1 Å². The largest absolute Gasteiger partial charge is 0.479 e. The first-order valence-corrected chi connectivity index (χ1v) is 12.3. The van der Waals surface area contributed by atoms with Gasteiger partial charge < -0.3 is 79.3 Å². The third kappa shape index (κ3) is 6.94. The molecule has 0 bridgehead atoms. The second kappa shape index (κ2) is 13.9. The Kier molecular flexibility index (Phi) is 11.3. The summed E-state index contributed by atoms with van der Waals surface area (Å²) in [6, 6.07) is -1.60. The monoisotopic (exact) mass is 601 g/mol. The molecule has 0 unspecified atom stereocenters. The average molecular weight is 602 g/mol. The van der Waals surface area contributed by atoms with Gasteiger partial charge in [-0.1, -0.05) is 0 Å². The van der Waals surface area contributed by atoms with E-state index in [-0.39, 0.29) is 0 Å². The predicted molar refractivity (Wildman–Crippen MR) is 123 cm³/mol. The van der Waals surface area contributed by atoms with Crippen molar-refractivity contribution in [2.24, 2.45) is 0 Å². The van der Waals surface area contributed by atoms with Crippen molar-refractivity contribution in [2.45, 2.75) is 99.0 Å². The van der Waals surface area contributed by atoms with Crippen LogP contribution in [0.5, 0.6) is 0 Å². The number of ether oxygens (including phenoxy) is 7. The second-order valence-corrected chi connectivity index (χ2v) is 9.54. The van der Waals surface area contributed by atoms with Crippen molar-refractivity contribution in [2.75, 3.05) is 20.8 Å². The molecule has 19 heteroatoms. The first-order valence-electron chi connectivity index (χ1n) is 12.3. The maximum Gasteiger partial charge on any atom is 0.337 e. The minimum absolute atomic E-state index is 0.750. The Morgan fingerprint density at radius 1 is 0.732 bits per heavy atom. The first kappa shape index (κ1) is 33.4. The molecular formula is C22H35NO18. The Morgan fingerprint density at radius 2 is 1.32 bits per heavy atom. The highest BCUT2D eigenvalue weighted by Crippen LogP contribution is 2.33. The maximum absolute atomic E-state index is 12.0. The van der Waals surface area contributed by atoms with E-state index in [4.69, 9.17) is 28.4 Å². The molecular weight excluding hydrogens is 566 g/mol. The zero-order valence-corrected chi connectivity index (χ0v) is 22.0. The molecule has 15 atom stereocenters. The lowest BCUT2D eigenvalue weighted by Gasteiger charge is -2.48. The number of rotatable bonds is 9. The van der Waals surface area contributed by atoms with Gasteiger partial charge in [0.25, 0.3) is 0 Å². The Morgan fingerprint density at radius 3 is 1.85 bits per heavy atom. The van der Waals surface area contributed by atoms with Gasteiger partial charge in [0, 0.05) is 14.0 Å². The van der Waals surface area contributed by atoms with Gasteiger partial charge in [-0.25, -0.2) is 9.59 Å². The van der Waals surface area contributed by atoms with Gasteiger partial charge in [0.1, 0.15) is 61.0 Å². The summed E-state index contributed by atoms with van der Waals surface area (Å²) in [6.45, 7) is 0.138. The fourth-order valence-corrected chi connectivity index (χ4v) is 4.70. The van der Waals surface area contributed by atoms with Crippen LogP contribution in [0.4, 0.5) is 0 Å². The number of carboxylic acids is 1. The van der Waals surface area contributed by atoms with Crippen LogP contribution in [0.2, 0.25) is 0 Å². The quantitative estimate of drug-likeness (QED) is 0.111. The summed E-state index contributed by atoms with van der Waals surface area (Å²) >= 11 is 0. The highest BCUT2D eigenvalue weighted by Gasteiger charge is 2.55. The molecule has 3 aliphatic rings. The number of esters is 1. The number of methoxy groups -OCH3 is 2. The van der Waals surface area contributed by atoms with Crippen LogP contribution in [0, 0.1) is 0 Å². The number of hydrogen-bond donors (Lipinski definition) is 9. The molecule has 236 valence electrons. The molecule has 0 aromatic heterocycles. The Hall–Kier alpha value is -2.11. The molecule has 3 aliphatic heterocycles. The van der Waals surface area contributed by atoms with Crippen molar-refractivity contribution in [3.05, 3.63) is 0 Å². The van der Waals surface area contributed by atoms with E-state index < -0.39 is 117 Å². The Bertz CT molecular complexity index is 923. The molecule has 41 heavy (non-hydrogen) atoms. The number of amides is 1. The molecule has 3 saturated heterocycles. The fourth-order valence-electron chi connectivity index (χ4n) is 4.70. The molecule has 0 aliphatic carbocycles. The summed E-state index contributed by atoms with van der Waals surface area (Å²) in [7, 11) is 2.07. The van der Waals surface area contributed by atoms with E-state index in [1.165, 1.54) is 0 Å². The molecule has 19 nitrogen and oxygen atoms in total. The number of aliphatic carboxylic acids is 1. The summed E-state index contributed by atoms with van der Waals surface area (Å²) in [4.78, 5) is 35.8. The van der Waals surface area contributed by atoms with Crippen LogP contribution < -0.4 is 5.32 Å². The van der Waals surface area contributed by atoms with Gasteiger partial charge in [-0.3, -0.25) is 4.79 Å². The first-order chi connectivity index (χ1) is 19.3. The molecule has 0 saturated carbocycles. The molecule has 3 rings (SSSR count). The minimum Gasteiger partial charge on any atom is -0.479 e. The van der Waals surface area contributed by atoms with Gasteiger partial charge in [0.05, 0.1) is 13.7 Å². The number of aliphatic hydroxyl groups is 7. The lowest BCUT2D eigenvalue weighted by Crippen LogP contribution is -2.69. The SMILES string of the molecule is COC(=O)[C@@H]1O[C@@H](O[C@H]2[C@H](O)[C@@H](NC(C)=O)[C@@H](O[C@H]3[C@H](O)[C@@H](O)[C@H](OC)O[C@@H]3C(=O)O)O[C@@H]2CO)[C@H](O)[C@@H](O)[C@@H]1O. The van der Waals surface area contributed by atoms with Crippen LogP contribution in [0.3, 0.4) is 0 Å². The summed E-state index contributed by atoms with van der Waals surface area (Å²) in [5.74, 6) is -3.50. The molecule has 1 amide bonds. The number of carboxylic acid groups (broad SMARTS) is 1. The number of carbonyl (C=O) groups excluding carboxylic acids is 2. The minimum atomic E-state index is -1.98. The smallest absolute Gasteiger partial charge is 0.337 e. The maximum atomic E-state index is 12.0. The Balaban J connectivity index is 1.87. The third-order valence-electron chi connectivity index (χ3n) is 6.83. The highest BCUT2D eigenvalue weighted by atomic mass is 16.8. The fraction of sp³-hybridized carbons (Fsp3) is 0.864. The van der Waals surface area contributed by atoms with Gasteiger partial charge >= 0.3 is 11.9 Å². The van der Waals surface area contributed by atoms with Gasteiger partial charge in [0.2, 0.25) is 5.91 Å². The number of hydrogen-bond acceptors (Lipinski definition) is 17. The molecule has 3 heterocycles. The molecule has 0 aromatic rings. The third-order valence-corrected chi connectivity index (χ3v) is 6.83. The summed E-state index contributed by atoms with van der Waals surface area (Å²) in [5.41, 5.74) is 0. The zero-order chi connectivity index (χ0) is 30.8. The summed E-state index contributed by atoms with van der Waals surface area (Å²) < 4.78 is 36.5. The van der Waals surface area contributed by atoms with Crippen LogP contribution in [-0.2, 0) is 47.5 Å². The number of aliphatic hydroxyl groups excluding tert-OH is 7. The van der Waals surface area contributed by atoms with E-state index in [2.05, 4.69) is 10.1 Å². The molecule has 0 radical (unpaired) electrons. The van der Waals surface area contributed by atoms with E-state index >= 15 is 0 Å². The van der Waals surface area contributed by atoms with Crippen LogP contribution in [0.15, 0.2) is 0 Å². The van der Waals surface area contributed by atoms with E-state index in [9.17, 15) is 55.2 Å². The topological polar surface area (TPSA) is 290 Å². The van der Waals surface area contributed by atoms with Crippen LogP contribution in [0.1, 0.15) is 6.92 Å². The van der Waals surface area contributed by atoms with Crippen molar-refractivity contribution in [1.29, 1.82) is 0 Å². The van der Waals surface area contributed by atoms with Crippen molar-refractivity contribution in [3.8, 4) is 0 Å². The highest BCUT2D eigenvalue weighted by molar-refractivity contribution is 5.75. The van der Waals surface area contributed by atoms with Gasteiger partial charge in [-0.2, -0.15) is 0 Å². The van der Waals surface area contributed by atoms with Gasteiger partial charge in [-0.15, -0.1) is 0 Å². The number of carbonyl (C=O) groups is 3. The molecule has 3 fully saturated rings. The summed E-state index contributed by atoms with van der Waals surface area (Å²) in [6.07, 6.45) is -25.5. The molecule has 9 N–H and O–H groups in total. The lowest BCUT2D eigenvalue weighted by atomic mass is 9.94. The lowest BCUT2D eigenvalue weighted by molar-refractivity contribution is -0.361. The summed E-state index contributed by atoms with van der Waals surface area (Å²) in [5, 5.41) is 84.6. The van der Waals surface area contributed by atoms with Crippen LogP contribution in [-0.4, -0.2) is 172 Å². The normalized spacial score (nSPS) is 45.1. The van der Waals surface area contributed by atoms with Gasteiger partial charge in [0.15, 0.2) is 31.1 Å². The molecule has 0 spiro atoms. The van der Waals surface area contributed by atoms with Crippen molar-refractivity contribution < 1.29 is 88.4 Å². The van der Waals surface area contributed by atoms with Crippen LogP contribution >= 0.6 is 0 Å². The Labute approximate surface area is 232 Å². The van der Waals surface area contributed by atoms with E-state index in [1.807, 2.05) is 0 Å². The average Bonchev–Trinajstić information content (AvgIpc) is 2.93. The predicted octanol–water partition coefficient (Wildman–Crippen LogP) is -6.50. The zero-order valence-electron chi connectivity index (χ0n) is 22.0. The van der Waals surface area contributed by atoms with Crippen molar-refractivity contribution in [3.63, 3.8) is 0 Å². The number of nitrogens with one attached hydrogen (secondary N) is 1. The van der Waals surface area contributed by atoms with E-state index in [0.29, 0.717) is 0 Å². The van der Waals surface area contributed by atoms with Crippen molar-refractivity contribution in [1.82, 2.24) is 5.32 Å². The standard InChI is InChI=1S/C22H35NO18/c1-5(25)23-7-8(26)14(38-22-12(30)9(27)10(28)16(40-22)19(34)35-2)6(4-24)37-20(7)39-15-11(29)13(31)21(36-3)41-17(15)18(32)33/h6-17,20-22,24,26-31H,4H2,1-3H3,(H,23,25)(H,32,33)/t6-,7-,8-,9+,10+,11-,12-,13-,14-,15+,16-,17+,20-,21-,22-/m1/s1. The van der Waals surface area contributed by atoms with E-state index in [1.54, 1.807) is 0 Å². The van der Waals surface area contributed by atoms with Crippen molar-refractivity contribution >= 4 is 17.8 Å². The van der Waals surface area contributed by atoms with Crippen LogP contribution in [0.25, 0.3) is 0 Å².